The van der Waals surface area contributed by atoms with Crippen molar-refractivity contribution >= 4 is 54.8 Å². The Kier molecular flexibility index (Phi) is 5.13. The summed E-state index contributed by atoms with van der Waals surface area (Å²) in [6, 6.07) is 6.11. The molecule has 0 aliphatic heterocycles. The summed E-state index contributed by atoms with van der Waals surface area (Å²) in [4.78, 5) is 1.18. The molecule has 0 aliphatic carbocycles. The van der Waals surface area contributed by atoms with E-state index >= 15 is 0 Å². The van der Waals surface area contributed by atoms with Crippen LogP contribution in [0.25, 0.3) is 0 Å². The molecule has 0 bridgehead atoms. The van der Waals surface area contributed by atoms with Crippen molar-refractivity contribution in [1.82, 2.24) is 0 Å². The molecule has 0 radical (unpaired) electrons. The lowest BCUT2D eigenvalue weighted by molar-refractivity contribution is 0.305. The van der Waals surface area contributed by atoms with Gasteiger partial charge in [0.2, 0.25) is 0 Å². The lowest BCUT2D eigenvalue weighted by Gasteiger charge is -2.13. The number of benzene rings is 1. The van der Waals surface area contributed by atoms with Gasteiger partial charge in [-0.1, -0.05) is 15.9 Å². The summed E-state index contributed by atoms with van der Waals surface area (Å²) in [5.41, 5.74) is 2.11. The average molecular weight is 411 g/mol. The van der Waals surface area contributed by atoms with Crippen molar-refractivity contribution in [2.24, 2.45) is 0 Å². The van der Waals surface area contributed by atoms with E-state index in [2.05, 4.69) is 43.3 Å². The third kappa shape index (κ3) is 3.50. The van der Waals surface area contributed by atoms with Crippen LogP contribution in [0.4, 0.5) is 0 Å². The second-order valence-corrected chi connectivity index (χ2v) is 6.96. The molecule has 0 spiro atoms. The molecule has 0 amide bonds. The molecule has 2 aromatic rings. The maximum atomic E-state index is 5.96. The van der Waals surface area contributed by atoms with E-state index in [1.54, 1.807) is 11.3 Å². The van der Waals surface area contributed by atoms with E-state index in [4.69, 9.17) is 16.3 Å². The zero-order chi connectivity index (χ0) is 13.1. The molecule has 0 fully saturated rings. The van der Waals surface area contributed by atoms with Gasteiger partial charge in [-0.2, -0.15) is 0 Å². The van der Waals surface area contributed by atoms with Gasteiger partial charge >= 0.3 is 0 Å². The van der Waals surface area contributed by atoms with Crippen LogP contribution in [-0.4, -0.2) is 0 Å². The summed E-state index contributed by atoms with van der Waals surface area (Å²) in [6.45, 7) is 2.60. The van der Waals surface area contributed by atoms with Crippen LogP contribution in [0, 0.1) is 6.92 Å². The van der Waals surface area contributed by atoms with Gasteiger partial charge in [0.1, 0.15) is 12.4 Å². The van der Waals surface area contributed by atoms with Gasteiger partial charge in [0, 0.05) is 24.8 Å². The molecule has 1 nitrogen and oxygen atoms in total. The summed E-state index contributed by atoms with van der Waals surface area (Å²) in [5, 5.41) is 2.05. The first-order chi connectivity index (χ1) is 8.60. The largest absolute Gasteiger partial charge is 0.487 e. The van der Waals surface area contributed by atoms with Crippen molar-refractivity contribution in [3.05, 3.63) is 48.5 Å². The van der Waals surface area contributed by atoms with E-state index in [0.29, 0.717) is 12.5 Å². The number of hydrogen-bond donors (Lipinski definition) is 0. The highest BCUT2D eigenvalue weighted by molar-refractivity contribution is 9.10. The second kappa shape index (κ2) is 6.42. The van der Waals surface area contributed by atoms with Crippen LogP contribution in [-0.2, 0) is 12.5 Å². The molecule has 0 unspecified atom stereocenters. The summed E-state index contributed by atoms with van der Waals surface area (Å²) >= 11 is 14.5. The summed E-state index contributed by atoms with van der Waals surface area (Å²) in [5.74, 6) is 1.33. The van der Waals surface area contributed by atoms with Crippen molar-refractivity contribution < 1.29 is 4.74 Å². The molecule has 0 atom stereocenters. The molecule has 1 aromatic carbocycles. The van der Waals surface area contributed by atoms with Crippen LogP contribution >= 0.6 is 54.8 Å². The van der Waals surface area contributed by atoms with Gasteiger partial charge in [0.05, 0.1) is 5.88 Å². The van der Waals surface area contributed by atoms with Crippen molar-refractivity contribution in [3.63, 3.8) is 0 Å². The van der Waals surface area contributed by atoms with Crippen LogP contribution in [0.5, 0.6) is 5.75 Å². The predicted octanol–water partition coefficient (Wildman–Crippen LogP) is 5.90. The van der Waals surface area contributed by atoms with Gasteiger partial charge in [-0.3, -0.25) is 0 Å². The van der Waals surface area contributed by atoms with Gasteiger partial charge in [-0.15, -0.1) is 22.9 Å². The fourth-order valence-corrected chi connectivity index (χ4v) is 3.86. The van der Waals surface area contributed by atoms with Crippen molar-refractivity contribution in [1.29, 1.82) is 0 Å². The highest BCUT2D eigenvalue weighted by Crippen LogP contribution is 2.30. The normalized spacial score (nSPS) is 10.7. The van der Waals surface area contributed by atoms with Crippen molar-refractivity contribution in [2.75, 3.05) is 0 Å². The van der Waals surface area contributed by atoms with Crippen molar-refractivity contribution in [2.45, 2.75) is 19.4 Å². The zero-order valence-corrected chi connectivity index (χ0v) is 14.4. The number of aryl methyl sites for hydroxylation is 1. The number of hydrogen-bond acceptors (Lipinski definition) is 2. The van der Waals surface area contributed by atoms with Crippen LogP contribution in [0.2, 0.25) is 0 Å². The molecule has 5 heteroatoms. The molecule has 1 heterocycles. The fraction of sp³-hybridized carbons (Fsp3) is 0.231. The third-order valence-corrected chi connectivity index (χ3v) is 4.86. The van der Waals surface area contributed by atoms with Gasteiger partial charge in [-0.25, -0.2) is 0 Å². The second-order valence-electron chi connectivity index (χ2n) is 3.86. The molecular weight excluding hydrogens is 399 g/mol. The minimum Gasteiger partial charge on any atom is -0.487 e. The Morgan fingerprint density at radius 1 is 1.22 bits per heavy atom. The van der Waals surface area contributed by atoms with E-state index in [-0.39, 0.29) is 0 Å². The molecule has 1 aromatic heterocycles. The Hall–Kier alpha value is -0.0300. The minimum atomic E-state index is 0.448. The highest BCUT2D eigenvalue weighted by Gasteiger charge is 2.09. The molecule has 2 rings (SSSR count). The molecule has 0 saturated carbocycles. The topological polar surface area (TPSA) is 9.23 Å². The SMILES string of the molecule is Cc1cc(Br)cc(CCl)c1OCc1cc(Br)cs1. The summed E-state index contributed by atoms with van der Waals surface area (Å²) in [7, 11) is 0. The monoisotopic (exact) mass is 408 g/mol. The van der Waals surface area contributed by atoms with Gasteiger partial charge in [0.15, 0.2) is 0 Å². The lowest BCUT2D eigenvalue weighted by atomic mass is 10.1. The van der Waals surface area contributed by atoms with Gasteiger partial charge in [-0.05, 0) is 46.6 Å². The number of rotatable bonds is 4. The Morgan fingerprint density at radius 2 is 2.00 bits per heavy atom. The standard InChI is InChI=1S/C13H11Br2ClOS/c1-8-2-10(14)3-9(5-16)13(8)17-6-12-4-11(15)7-18-12/h2-4,7H,5-6H2,1H3. The quantitative estimate of drug-likeness (QED) is 0.570. The van der Waals surface area contributed by atoms with E-state index < -0.39 is 0 Å². The van der Waals surface area contributed by atoms with Crippen molar-refractivity contribution in [3.8, 4) is 5.75 Å². The Morgan fingerprint density at radius 3 is 2.61 bits per heavy atom. The third-order valence-electron chi connectivity index (χ3n) is 2.44. The predicted molar refractivity (Wildman–Crippen MR) is 84.8 cm³/mol. The van der Waals surface area contributed by atoms with Crippen LogP contribution in [0.1, 0.15) is 16.0 Å². The first-order valence-corrected chi connectivity index (χ1v) is 8.31. The Balaban J connectivity index is 2.18. The first-order valence-electron chi connectivity index (χ1n) is 5.31. The van der Waals surface area contributed by atoms with Crippen LogP contribution in [0.3, 0.4) is 0 Å². The number of thiophene rings is 1. The van der Waals surface area contributed by atoms with Gasteiger partial charge in [0.25, 0.3) is 0 Å². The molecule has 18 heavy (non-hydrogen) atoms. The molecule has 0 aliphatic rings. The molecule has 96 valence electrons. The van der Waals surface area contributed by atoms with Crippen LogP contribution < -0.4 is 4.74 Å². The fourth-order valence-electron chi connectivity index (χ4n) is 1.68. The zero-order valence-electron chi connectivity index (χ0n) is 9.67. The summed E-state index contributed by atoms with van der Waals surface area (Å²) in [6.07, 6.45) is 0. The number of ether oxygens (including phenoxy) is 1. The molecular formula is C13H11Br2ClOS. The first kappa shape index (κ1) is 14.4. The average Bonchev–Trinajstić information content (AvgIpc) is 2.73. The van der Waals surface area contributed by atoms with E-state index in [0.717, 1.165) is 25.8 Å². The molecule has 0 saturated heterocycles. The van der Waals surface area contributed by atoms with Crippen LogP contribution in [0.15, 0.2) is 32.5 Å². The molecule has 0 N–H and O–H groups in total. The summed E-state index contributed by atoms with van der Waals surface area (Å²) < 4.78 is 8.02. The number of halogens is 3. The maximum Gasteiger partial charge on any atom is 0.127 e. The van der Waals surface area contributed by atoms with E-state index in [1.165, 1.54) is 4.88 Å². The van der Waals surface area contributed by atoms with E-state index in [1.807, 2.05) is 19.1 Å². The number of alkyl halides is 1. The highest BCUT2D eigenvalue weighted by atomic mass is 79.9. The Labute approximate surface area is 132 Å². The smallest absolute Gasteiger partial charge is 0.127 e. The maximum absolute atomic E-state index is 5.96. The minimum absolute atomic E-state index is 0.448. The lowest BCUT2D eigenvalue weighted by Crippen LogP contribution is -1.98. The van der Waals surface area contributed by atoms with E-state index in [9.17, 15) is 0 Å². The Bertz CT molecular complexity index is 554. The van der Waals surface area contributed by atoms with Gasteiger partial charge < -0.3 is 4.74 Å².